The highest BCUT2D eigenvalue weighted by molar-refractivity contribution is 7.92. The summed E-state index contributed by atoms with van der Waals surface area (Å²) in [7, 11) is 0.465. The number of hydrogen-bond donors (Lipinski definition) is 1. The summed E-state index contributed by atoms with van der Waals surface area (Å²) in [6.07, 6.45) is 7.28. The van der Waals surface area contributed by atoms with E-state index in [2.05, 4.69) is 9.71 Å². The van der Waals surface area contributed by atoms with Crippen LogP contribution in [0.2, 0.25) is 0 Å². The SMILES string of the molecule is CCS(=O)(=O)Nc1ccc(C(=O)Cn2cc[n+](C)c2-c2nccn2C)cc1.[Cl-]. The van der Waals surface area contributed by atoms with Gasteiger partial charge in [-0.3, -0.25) is 9.52 Å². The Balaban J connectivity index is 0.00000280. The molecule has 1 N–H and O–H groups in total. The Labute approximate surface area is 170 Å². The summed E-state index contributed by atoms with van der Waals surface area (Å²) >= 11 is 0. The van der Waals surface area contributed by atoms with Crippen molar-refractivity contribution < 1.29 is 30.2 Å². The molecule has 0 bridgehead atoms. The Hall–Kier alpha value is -2.65. The molecule has 8 nitrogen and oxygen atoms in total. The number of nitrogens with zero attached hydrogens (tertiary/aromatic N) is 4. The normalized spacial score (nSPS) is 11.1. The standard InChI is InChI=1S/C18H21N5O3S.ClH/c1-4-27(25,26)20-15-7-5-14(6-8-15)16(24)13-23-12-11-22(3)18(23)17-19-9-10-21(17)2;/h5-12H,4,13H2,1-3H3;1H. The zero-order valence-corrected chi connectivity index (χ0v) is 17.4. The van der Waals surface area contributed by atoms with Gasteiger partial charge in [0, 0.05) is 30.7 Å². The molecule has 0 unspecified atom stereocenters. The molecule has 1 aromatic carbocycles. The summed E-state index contributed by atoms with van der Waals surface area (Å²) < 4.78 is 31.4. The number of aryl methyl sites for hydroxylation is 2. The van der Waals surface area contributed by atoms with E-state index in [9.17, 15) is 13.2 Å². The first-order valence-corrected chi connectivity index (χ1v) is 10.1. The van der Waals surface area contributed by atoms with Gasteiger partial charge in [-0.2, -0.15) is 0 Å². The molecule has 3 rings (SSSR count). The van der Waals surface area contributed by atoms with Crippen LogP contribution in [0.3, 0.4) is 0 Å². The fourth-order valence-electron chi connectivity index (χ4n) is 2.74. The third-order valence-corrected chi connectivity index (χ3v) is 5.58. The number of imidazole rings is 2. The van der Waals surface area contributed by atoms with Crippen molar-refractivity contribution in [3.05, 3.63) is 54.6 Å². The third kappa shape index (κ3) is 4.60. The molecule has 0 fully saturated rings. The van der Waals surface area contributed by atoms with Gasteiger partial charge in [-0.1, -0.05) is 0 Å². The van der Waals surface area contributed by atoms with Crippen molar-refractivity contribution in [1.82, 2.24) is 14.1 Å². The molecule has 0 aliphatic rings. The Kier molecular flexibility index (Phi) is 6.63. The van der Waals surface area contributed by atoms with Crippen molar-refractivity contribution >= 4 is 21.5 Å². The predicted octanol–water partition coefficient (Wildman–Crippen LogP) is -1.64. The maximum absolute atomic E-state index is 12.7. The average Bonchev–Trinajstić information content (AvgIpc) is 3.20. The van der Waals surface area contributed by atoms with Gasteiger partial charge in [0.2, 0.25) is 21.6 Å². The van der Waals surface area contributed by atoms with Gasteiger partial charge in [-0.25, -0.2) is 22.5 Å². The number of nitrogens with one attached hydrogen (secondary N) is 1. The molecule has 28 heavy (non-hydrogen) atoms. The van der Waals surface area contributed by atoms with E-state index in [0.29, 0.717) is 11.3 Å². The molecule has 10 heteroatoms. The van der Waals surface area contributed by atoms with Crippen LogP contribution in [0.25, 0.3) is 11.6 Å². The number of anilines is 1. The zero-order chi connectivity index (χ0) is 19.6. The van der Waals surface area contributed by atoms with Gasteiger partial charge in [0.05, 0.1) is 12.8 Å². The molecule has 2 aromatic heterocycles. The van der Waals surface area contributed by atoms with Gasteiger partial charge < -0.3 is 17.0 Å². The van der Waals surface area contributed by atoms with E-state index in [1.807, 2.05) is 46.4 Å². The van der Waals surface area contributed by atoms with E-state index in [1.54, 1.807) is 37.4 Å². The van der Waals surface area contributed by atoms with Crippen molar-refractivity contribution in [2.75, 3.05) is 10.5 Å². The molecule has 150 valence electrons. The number of carbonyl (C=O) groups is 1. The quantitative estimate of drug-likeness (QED) is 0.364. The van der Waals surface area contributed by atoms with Gasteiger partial charge in [0.25, 0.3) is 0 Å². The second-order valence-electron chi connectivity index (χ2n) is 6.23. The first-order valence-electron chi connectivity index (χ1n) is 8.47. The first kappa shape index (κ1) is 21.6. The molecule has 3 aromatic rings. The smallest absolute Gasteiger partial charge is 0.325 e. The summed E-state index contributed by atoms with van der Waals surface area (Å²) in [4.78, 5) is 17.0. The Morgan fingerprint density at radius 2 is 1.89 bits per heavy atom. The molecular weight excluding hydrogens is 402 g/mol. The van der Waals surface area contributed by atoms with Crippen molar-refractivity contribution in [2.45, 2.75) is 13.5 Å². The maximum Gasteiger partial charge on any atom is 0.325 e. The molecule has 0 spiro atoms. The monoisotopic (exact) mass is 423 g/mol. The summed E-state index contributed by atoms with van der Waals surface area (Å²) in [5, 5.41) is 0. The largest absolute Gasteiger partial charge is 1.00 e. The van der Waals surface area contributed by atoms with Crippen LogP contribution in [-0.4, -0.2) is 34.1 Å². The molecule has 0 aliphatic heterocycles. The number of aromatic nitrogens is 4. The minimum absolute atomic E-state index is 0. The minimum atomic E-state index is -3.34. The molecule has 0 aliphatic carbocycles. The lowest BCUT2D eigenvalue weighted by atomic mass is 10.1. The highest BCUT2D eigenvalue weighted by Gasteiger charge is 2.23. The van der Waals surface area contributed by atoms with E-state index in [-0.39, 0.29) is 30.5 Å². The summed E-state index contributed by atoms with van der Waals surface area (Å²) in [6.45, 7) is 1.72. The van der Waals surface area contributed by atoms with Crippen LogP contribution in [0.4, 0.5) is 5.69 Å². The average molecular weight is 424 g/mol. The van der Waals surface area contributed by atoms with Crippen LogP contribution in [0.5, 0.6) is 0 Å². The molecule has 0 radical (unpaired) electrons. The zero-order valence-electron chi connectivity index (χ0n) is 15.8. The van der Waals surface area contributed by atoms with E-state index < -0.39 is 10.0 Å². The van der Waals surface area contributed by atoms with Crippen molar-refractivity contribution in [3.63, 3.8) is 0 Å². The van der Waals surface area contributed by atoms with Gasteiger partial charge in [-0.05, 0) is 31.2 Å². The molecular formula is C18H22ClN5O3S. The topological polar surface area (TPSA) is 89.9 Å². The molecule has 0 amide bonds. The van der Waals surface area contributed by atoms with Gasteiger partial charge in [0.15, 0.2) is 6.54 Å². The van der Waals surface area contributed by atoms with Crippen molar-refractivity contribution in [2.24, 2.45) is 14.1 Å². The number of hydrogen-bond acceptors (Lipinski definition) is 4. The number of ketones is 1. The van der Waals surface area contributed by atoms with Crippen LogP contribution in [-0.2, 0) is 30.7 Å². The lowest BCUT2D eigenvalue weighted by Crippen LogP contribution is -3.00. The van der Waals surface area contributed by atoms with E-state index in [1.165, 1.54) is 0 Å². The van der Waals surface area contributed by atoms with Gasteiger partial charge >= 0.3 is 5.82 Å². The lowest BCUT2D eigenvalue weighted by molar-refractivity contribution is -0.660. The van der Waals surface area contributed by atoms with Crippen LogP contribution < -0.4 is 21.7 Å². The third-order valence-electron chi connectivity index (χ3n) is 4.27. The van der Waals surface area contributed by atoms with Crippen LogP contribution in [0, 0.1) is 0 Å². The Morgan fingerprint density at radius 3 is 2.46 bits per heavy atom. The fraction of sp³-hybridized carbons (Fsp3) is 0.278. The number of halogens is 1. The Bertz CT molecular complexity index is 1070. The van der Waals surface area contributed by atoms with E-state index in [4.69, 9.17) is 0 Å². The first-order chi connectivity index (χ1) is 12.8. The summed E-state index contributed by atoms with van der Waals surface area (Å²) in [6, 6.07) is 6.44. The number of sulfonamides is 1. The Morgan fingerprint density at radius 1 is 1.21 bits per heavy atom. The highest BCUT2D eigenvalue weighted by Crippen LogP contribution is 2.16. The molecule has 0 atom stereocenters. The van der Waals surface area contributed by atoms with E-state index >= 15 is 0 Å². The second-order valence-corrected chi connectivity index (χ2v) is 8.24. The van der Waals surface area contributed by atoms with E-state index in [0.717, 1.165) is 11.6 Å². The molecule has 0 saturated carbocycles. The number of rotatable bonds is 7. The van der Waals surface area contributed by atoms with Crippen LogP contribution >= 0.6 is 0 Å². The van der Waals surface area contributed by atoms with Gasteiger partial charge in [0.1, 0.15) is 12.4 Å². The number of Topliss-reactive ketones (excluding diaryl/α,β-unsaturated/α-hetero) is 1. The maximum atomic E-state index is 12.7. The predicted molar refractivity (Wildman–Crippen MR) is 102 cm³/mol. The highest BCUT2D eigenvalue weighted by atomic mass is 35.5. The van der Waals surface area contributed by atoms with Gasteiger partial charge in [-0.15, -0.1) is 0 Å². The number of benzene rings is 1. The number of carbonyl (C=O) groups excluding carboxylic acids is 1. The summed E-state index contributed by atoms with van der Waals surface area (Å²) in [5.74, 6) is 1.50. The minimum Gasteiger partial charge on any atom is -1.00 e. The lowest BCUT2D eigenvalue weighted by Gasteiger charge is -2.07. The molecule has 0 saturated heterocycles. The van der Waals surface area contributed by atoms with Crippen molar-refractivity contribution in [1.29, 1.82) is 0 Å². The second kappa shape index (κ2) is 8.57. The van der Waals surface area contributed by atoms with Crippen LogP contribution in [0.15, 0.2) is 49.1 Å². The van der Waals surface area contributed by atoms with Crippen molar-refractivity contribution in [3.8, 4) is 11.6 Å². The fourth-order valence-corrected chi connectivity index (χ4v) is 3.38. The molecule has 2 heterocycles. The van der Waals surface area contributed by atoms with Crippen LogP contribution in [0.1, 0.15) is 17.3 Å². The summed E-state index contributed by atoms with van der Waals surface area (Å²) in [5.41, 5.74) is 0.950.